The minimum absolute atomic E-state index is 0.700. The highest BCUT2D eigenvalue weighted by molar-refractivity contribution is 7.98. The number of thioether (sulfide) groups is 1. The average Bonchev–Trinajstić information content (AvgIpc) is 2.59. The summed E-state index contributed by atoms with van der Waals surface area (Å²) in [5, 5.41) is 0.933. The zero-order valence-corrected chi connectivity index (χ0v) is 8.48. The molecule has 13 heavy (non-hydrogen) atoms. The molecule has 0 spiro atoms. The summed E-state index contributed by atoms with van der Waals surface area (Å²) in [6, 6.07) is 1.79. The van der Waals surface area contributed by atoms with Gasteiger partial charge in [-0.3, -0.25) is 4.79 Å². The van der Waals surface area contributed by atoms with Crippen LogP contribution in [0.4, 0.5) is 0 Å². The molecule has 3 nitrogen and oxygen atoms in total. The normalized spacial score (nSPS) is 10.5. The second-order valence-electron chi connectivity index (χ2n) is 2.36. The van der Waals surface area contributed by atoms with Crippen LogP contribution in [0.5, 0.6) is 0 Å². The maximum absolute atomic E-state index is 10.5. The van der Waals surface area contributed by atoms with Crippen molar-refractivity contribution in [3.05, 3.63) is 17.3 Å². The lowest BCUT2D eigenvalue weighted by Crippen LogP contribution is -1.80. The van der Waals surface area contributed by atoms with Crippen molar-refractivity contribution in [3.63, 3.8) is 0 Å². The second-order valence-corrected chi connectivity index (χ2v) is 4.24. The Labute approximate surface area is 83.2 Å². The molecule has 2 heterocycles. The molecular weight excluding hydrogens is 204 g/mol. The molecule has 2 aromatic heterocycles. The minimum Gasteiger partial charge on any atom is -0.297 e. The molecule has 0 amide bonds. The quantitative estimate of drug-likeness (QED) is 0.433. The van der Waals surface area contributed by atoms with Gasteiger partial charge in [0.1, 0.15) is 11.4 Å². The van der Waals surface area contributed by atoms with E-state index in [9.17, 15) is 4.79 Å². The second kappa shape index (κ2) is 3.43. The van der Waals surface area contributed by atoms with Crippen molar-refractivity contribution >= 4 is 39.6 Å². The van der Waals surface area contributed by atoms with Gasteiger partial charge >= 0.3 is 0 Å². The van der Waals surface area contributed by atoms with Crippen LogP contribution in [0.25, 0.3) is 10.2 Å². The van der Waals surface area contributed by atoms with E-state index in [1.165, 1.54) is 17.7 Å². The highest BCUT2D eigenvalue weighted by atomic mass is 32.2. The number of fused-ring (bicyclic) bond motifs is 1. The lowest BCUT2D eigenvalue weighted by Gasteiger charge is -1.93. The number of carbonyl (C=O) groups is 1. The number of rotatable bonds is 2. The maximum atomic E-state index is 10.5. The van der Waals surface area contributed by atoms with Gasteiger partial charge in [-0.2, -0.15) is 0 Å². The minimum atomic E-state index is 0.700. The predicted octanol–water partition coefficient (Wildman–Crippen LogP) is 2.23. The van der Waals surface area contributed by atoms with Gasteiger partial charge < -0.3 is 0 Å². The molecule has 2 aromatic rings. The Morgan fingerprint density at radius 3 is 3.08 bits per heavy atom. The van der Waals surface area contributed by atoms with Crippen LogP contribution in [0, 0.1) is 0 Å². The molecule has 0 radical (unpaired) electrons. The number of hydrogen-bond donors (Lipinski definition) is 0. The van der Waals surface area contributed by atoms with E-state index in [0.717, 1.165) is 21.5 Å². The van der Waals surface area contributed by atoms with E-state index in [1.54, 1.807) is 17.8 Å². The monoisotopic (exact) mass is 210 g/mol. The third kappa shape index (κ3) is 1.45. The number of thiophene rings is 1. The van der Waals surface area contributed by atoms with Gasteiger partial charge in [-0.1, -0.05) is 0 Å². The van der Waals surface area contributed by atoms with E-state index >= 15 is 0 Å². The van der Waals surface area contributed by atoms with Crippen molar-refractivity contribution in [2.24, 2.45) is 0 Å². The molecule has 0 atom stereocenters. The van der Waals surface area contributed by atoms with Gasteiger partial charge in [0.25, 0.3) is 0 Å². The van der Waals surface area contributed by atoms with E-state index in [0.29, 0.717) is 4.88 Å². The first kappa shape index (κ1) is 8.65. The summed E-state index contributed by atoms with van der Waals surface area (Å²) in [6.07, 6.45) is 4.33. The number of carbonyl (C=O) groups excluding carboxylic acids is 1. The fourth-order valence-electron chi connectivity index (χ4n) is 1.05. The van der Waals surface area contributed by atoms with Crippen molar-refractivity contribution < 1.29 is 4.79 Å². The fourth-order valence-corrected chi connectivity index (χ4v) is 2.68. The Morgan fingerprint density at radius 2 is 2.38 bits per heavy atom. The molecule has 66 valence electrons. The summed E-state index contributed by atoms with van der Waals surface area (Å²) in [6.45, 7) is 0. The van der Waals surface area contributed by atoms with Crippen LogP contribution in [0.15, 0.2) is 17.4 Å². The van der Waals surface area contributed by atoms with Crippen molar-refractivity contribution in [1.82, 2.24) is 9.97 Å². The van der Waals surface area contributed by atoms with Gasteiger partial charge in [-0.05, 0) is 12.3 Å². The largest absolute Gasteiger partial charge is 0.297 e. The lowest BCUT2D eigenvalue weighted by molar-refractivity contribution is 0.112. The molecular formula is C8H6N2OS2. The summed E-state index contributed by atoms with van der Waals surface area (Å²) in [5.74, 6) is 0. The van der Waals surface area contributed by atoms with E-state index in [-0.39, 0.29) is 0 Å². The molecule has 5 heteroatoms. The highest BCUT2D eigenvalue weighted by Gasteiger charge is 2.06. The molecule has 0 saturated carbocycles. The zero-order chi connectivity index (χ0) is 9.26. The molecule has 0 aliphatic carbocycles. The van der Waals surface area contributed by atoms with Crippen molar-refractivity contribution in [2.45, 2.75) is 5.03 Å². The van der Waals surface area contributed by atoms with Crippen LogP contribution in [-0.4, -0.2) is 22.5 Å². The molecule has 0 bridgehead atoms. The molecule has 0 aliphatic rings. The fraction of sp³-hybridized carbons (Fsp3) is 0.125. The first-order chi connectivity index (χ1) is 6.35. The van der Waals surface area contributed by atoms with E-state index < -0.39 is 0 Å². The Bertz CT molecular complexity index is 452. The number of aldehydes is 1. The molecule has 0 unspecified atom stereocenters. The molecule has 2 rings (SSSR count). The lowest BCUT2D eigenvalue weighted by atomic mass is 10.4. The Morgan fingerprint density at radius 1 is 1.54 bits per heavy atom. The summed E-state index contributed by atoms with van der Waals surface area (Å²) < 4.78 is 0.997. The van der Waals surface area contributed by atoms with E-state index in [2.05, 4.69) is 9.97 Å². The van der Waals surface area contributed by atoms with Crippen molar-refractivity contribution in [3.8, 4) is 0 Å². The standard InChI is InChI=1S/C8H6N2OS2/c1-12-8-7-6(9-4-10-8)2-5(3-11)13-7/h2-4H,1H3. The van der Waals surface area contributed by atoms with Gasteiger partial charge in [-0.25, -0.2) is 9.97 Å². The first-order valence-electron chi connectivity index (χ1n) is 3.59. The summed E-state index contributed by atoms with van der Waals surface area (Å²) in [5.41, 5.74) is 0.853. The smallest absolute Gasteiger partial charge is 0.160 e. The van der Waals surface area contributed by atoms with Gasteiger partial charge in [-0.15, -0.1) is 23.1 Å². The van der Waals surface area contributed by atoms with E-state index in [4.69, 9.17) is 0 Å². The molecule has 0 aromatic carbocycles. The Kier molecular flexibility index (Phi) is 2.28. The van der Waals surface area contributed by atoms with E-state index in [1.807, 2.05) is 6.26 Å². The molecule has 0 aliphatic heterocycles. The Hall–Kier alpha value is -0.940. The van der Waals surface area contributed by atoms with Crippen LogP contribution < -0.4 is 0 Å². The highest BCUT2D eigenvalue weighted by Crippen LogP contribution is 2.29. The number of hydrogen-bond acceptors (Lipinski definition) is 5. The van der Waals surface area contributed by atoms with Gasteiger partial charge in [0.05, 0.1) is 15.1 Å². The summed E-state index contributed by atoms with van der Waals surface area (Å²) in [7, 11) is 0. The zero-order valence-electron chi connectivity index (χ0n) is 6.85. The SMILES string of the molecule is CSc1ncnc2cc(C=O)sc12. The number of nitrogens with zero attached hydrogens (tertiary/aromatic N) is 2. The van der Waals surface area contributed by atoms with Crippen molar-refractivity contribution in [2.75, 3.05) is 6.26 Å². The van der Waals surface area contributed by atoms with Crippen LogP contribution in [0.1, 0.15) is 9.67 Å². The van der Waals surface area contributed by atoms with Crippen molar-refractivity contribution in [1.29, 1.82) is 0 Å². The van der Waals surface area contributed by atoms with Gasteiger partial charge in [0, 0.05) is 0 Å². The predicted molar refractivity (Wildman–Crippen MR) is 54.6 cm³/mol. The maximum Gasteiger partial charge on any atom is 0.160 e. The topological polar surface area (TPSA) is 42.9 Å². The molecule has 0 N–H and O–H groups in total. The summed E-state index contributed by atoms with van der Waals surface area (Å²) in [4.78, 5) is 19.4. The van der Waals surface area contributed by atoms with Crippen LogP contribution >= 0.6 is 23.1 Å². The van der Waals surface area contributed by atoms with Crippen LogP contribution in [0.2, 0.25) is 0 Å². The van der Waals surface area contributed by atoms with Gasteiger partial charge in [0.15, 0.2) is 6.29 Å². The number of aromatic nitrogens is 2. The molecule has 0 saturated heterocycles. The third-order valence-corrected chi connectivity index (χ3v) is 3.49. The summed E-state index contributed by atoms with van der Waals surface area (Å²) >= 11 is 3.00. The van der Waals surface area contributed by atoms with Crippen LogP contribution in [-0.2, 0) is 0 Å². The third-order valence-electron chi connectivity index (χ3n) is 1.61. The van der Waals surface area contributed by atoms with Crippen LogP contribution in [0.3, 0.4) is 0 Å². The average molecular weight is 210 g/mol. The Balaban J connectivity index is 2.74. The van der Waals surface area contributed by atoms with Gasteiger partial charge in [0.2, 0.25) is 0 Å². The molecule has 0 fully saturated rings. The first-order valence-corrected chi connectivity index (χ1v) is 5.63.